The van der Waals surface area contributed by atoms with Gasteiger partial charge in [-0.2, -0.15) is 0 Å². The lowest BCUT2D eigenvalue weighted by molar-refractivity contribution is 0.275. The number of pyridine rings is 1. The first-order chi connectivity index (χ1) is 8.19. The van der Waals surface area contributed by atoms with Gasteiger partial charge in [0.25, 0.3) is 0 Å². The molecule has 0 saturated carbocycles. The van der Waals surface area contributed by atoms with E-state index in [9.17, 15) is 0 Å². The van der Waals surface area contributed by atoms with E-state index in [0.717, 1.165) is 3.57 Å². The number of aromatic nitrogens is 1. The fourth-order valence-electron chi connectivity index (χ4n) is 1.26. The minimum atomic E-state index is -0.206. The van der Waals surface area contributed by atoms with Gasteiger partial charge < -0.3 is 9.84 Å². The van der Waals surface area contributed by atoms with Crippen LogP contribution in [0.5, 0.6) is 11.6 Å². The van der Waals surface area contributed by atoms with E-state index in [1.807, 2.05) is 24.3 Å². The highest BCUT2D eigenvalue weighted by Gasteiger charge is 2.04. The van der Waals surface area contributed by atoms with Crippen LogP contribution >= 0.6 is 34.2 Å². The van der Waals surface area contributed by atoms with Crippen LogP contribution in [-0.4, -0.2) is 10.1 Å². The average Bonchev–Trinajstić information content (AvgIpc) is 2.34. The summed E-state index contributed by atoms with van der Waals surface area (Å²) in [6, 6.07) is 10.9. The van der Waals surface area contributed by atoms with Crippen molar-refractivity contribution in [3.8, 4) is 11.6 Å². The molecule has 3 nitrogen and oxygen atoms in total. The molecule has 0 atom stereocenters. The summed E-state index contributed by atoms with van der Waals surface area (Å²) in [4.78, 5) is 4.10. The van der Waals surface area contributed by atoms with Gasteiger partial charge in [-0.15, -0.1) is 0 Å². The van der Waals surface area contributed by atoms with Crippen molar-refractivity contribution in [2.75, 3.05) is 0 Å². The molecule has 0 aliphatic rings. The lowest BCUT2D eigenvalue weighted by Gasteiger charge is -2.06. The summed E-state index contributed by atoms with van der Waals surface area (Å²) in [5.41, 5.74) is 0.412. The second-order valence-electron chi connectivity index (χ2n) is 3.29. The van der Waals surface area contributed by atoms with Crippen molar-refractivity contribution in [1.82, 2.24) is 4.98 Å². The maximum absolute atomic E-state index is 9.04. The number of hydrogen-bond acceptors (Lipinski definition) is 3. The van der Waals surface area contributed by atoms with Gasteiger partial charge in [0.2, 0.25) is 5.88 Å². The Labute approximate surface area is 118 Å². The molecular weight excluding hydrogens is 352 g/mol. The molecule has 88 valence electrons. The van der Waals surface area contributed by atoms with Gasteiger partial charge in [-0.3, -0.25) is 0 Å². The van der Waals surface area contributed by atoms with Crippen molar-refractivity contribution in [1.29, 1.82) is 0 Å². The van der Waals surface area contributed by atoms with E-state index in [0.29, 0.717) is 22.3 Å². The molecule has 0 amide bonds. The zero-order valence-corrected chi connectivity index (χ0v) is 11.6. The summed E-state index contributed by atoms with van der Waals surface area (Å²) in [5, 5.41) is 9.47. The number of ether oxygens (including phenoxy) is 1. The highest BCUT2D eigenvalue weighted by molar-refractivity contribution is 14.1. The lowest BCUT2D eigenvalue weighted by Crippen LogP contribution is -1.94. The first-order valence-electron chi connectivity index (χ1n) is 4.89. The van der Waals surface area contributed by atoms with Gasteiger partial charge in [0.15, 0.2) is 0 Å². The van der Waals surface area contributed by atoms with Crippen molar-refractivity contribution in [3.05, 3.63) is 50.7 Å². The maximum atomic E-state index is 9.04. The summed E-state index contributed by atoms with van der Waals surface area (Å²) in [7, 11) is 0. The molecular formula is C12H9ClINO2. The average molecular weight is 362 g/mol. The van der Waals surface area contributed by atoms with Crippen LogP contribution in [0.25, 0.3) is 0 Å². The molecule has 0 bridgehead atoms. The molecule has 0 fully saturated rings. The van der Waals surface area contributed by atoms with Crippen LogP contribution in [0, 0.1) is 3.57 Å². The van der Waals surface area contributed by atoms with Gasteiger partial charge in [-0.05, 0) is 52.9 Å². The van der Waals surface area contributed by atoms with E-state index in [4.69, 9.17) is 21.4 Å². The quantitative estimate of drug-likeness (QED) is 0.849. The molecule has 1 N–H and O–H groups in total. The Hall–Kier alpha value is -0.850. The molecule has 1 heterocycles. The van der Waals surface area contributed by atoms with Gasteiger partial charge in [0, 0.05) is 9.64 Å². The third-order valence-corrected chi connectivity index (χ3v) is 3.14. The lowest BCUT2D eigenvalue weighted by atomic mass is 10.3. The van der Waals surface area contributed by atoms with Gasteiger partial charge in [0.1, 0.15) is 5.75 Å². The summed E-state index contributed by atoms with van der Waals surface area (Å²) in [6.45, 7) is -0.206. The molecule has 0 radical (unpaired) electrons. The molecule has 5 heteroatoms. The molecule has 0 spiro atoms. The number of aliphatic hydroxyl groups excluding tert-OH is 1. The molecule has 0 saturated heterocycles. The molecule has 17 heavy (non-hydrogen) atoms. The summed E-state index contributed by atoms with van der Waals surface area (Å²) in [6.07, 6.45) is 0. The van der Waals surface area contributed by atoms with Gasteiger partial charge in [-0.25, -0.2) is 4.98 Å². The molecule has 1 aromatic carbocycles. The third kappa shape index (κ3) is 3.31. The van der Waals surface area contributed by atoms with Crippen molar-refractivity contribution in [2.24, 2.45) is 0 Å². The normalized spacial score (nSPS) is 10.3. The van der Waals surface area contributed by atoms with Crippen LogP contribution in [0.15, 0.2) is 36.4 Å². The zero-order valence-electron chi connectivity index (χ0n) is 8.73. The Morgan fingerprint density at radius 2 is 1.88 bits per heavy atom. The van der Waals surface area contributed by atoms with Crippen LogP contribution in [0.2, 0.25) is 5.02 Å². The Morgan fingerprint density at radius 3 is 2.53 bits per heavy atom. The number of benzene rings is 1. The number of hydrogen-bond donors (Lipinski definition) is 1. The molecule has 2 rings (SSSR count). The second-order valence-corrected chi connectivity index (χ2v) is 4.94. The Kier molecular flexibility index (Phi) is 4.20. The smallest absolute Gasteiger partial charge is 0.219 e. The van der Waals surface area contributed by atoms with E-state index in [2.05, 4.69) is 27.6 Å². The Balaban J connectivity index is 2.21. The van der Waals surface area contributed by atoms with Crippen LogP contribution in [-0.2, 0) is 6.61 Å². The monoisotopic (exact) mass is 361 g/mol. The van der Waals surface area contributed by atoms with E-state index in [1.54, 1.807) is 12.1 Å². The van der Waals surface area contributed by atoms with Crippen LogP contribution < -0.4 is 4.74 Å². The SMILES string of the molecule is OCc1nc(Oc2ccc(I)cc2)ccc1Cl. The van der Waals surface area contributed by atoms with Crippen LogP contribution in [0.1, 0.15) is 5.69 Å². The van der Waals surface area contributed by atoms with E-state index in [-0.39, 0.29) is 6.61 Å². The second kappa shape index (κ2) is 5.66. The number of rotatable bonds is 3. The largest absolute Gasteiger partial charge is 0.439 e. The Bertz CT molecular complexity index is 516. The summed E-state index contributed by atoms with van der Waals surface area (Å²) in [5.74, 6) is 1.11. The van der Waals surface area contributed by atoms with Crippen molar-refractivity contribution in [3.63, 3.8) is 0 Å². The summed E-state index contributed by atoms with van der Waals surface area (Å²) < 4.78 is 6.68. The maximum Gasteiger partial charge on any atom is 0.219 e. The predicted octanol–water partition coefficient (Wildman–Crippen LogP) is 3.62. The number of aliphatic hydroxyl groups is 1. The number of halogens is 2. The van der Waals surface area contributed by atoms with E-state index in [1.165, 1.54) is 0 Å². The van der Waals surface area contributed by atoms with Gasteiger partial charge in [-0.1, -0.05) is 11.6 Å². The first-order valence-corrected chi connectivity index (χ1v) is 6.34. The van der Waals surface area contributed by atoms with Crippen molar-refractivity contribution < 1.29 is 9.84 Å². The molecule has 0 aliphatic heterocycles. The standard InChI is InChI=1S/C12H9ClINO2/c13-10-5-6-12(15-11(10)7-16)17-9-3-1-8(14)2-4-9/h1-6,16H,7H2. The van der Waals surface area contributed by atoms with Crippen LogP contribution in [0.3, 0.4) is 0 Å². The molecule has 1 aromatic heterocycles. The fourth-order valence-corrected chi connectivity index (χ4v) is 1.78. The highest BCUT2D eigenvalue weighted by Crippen LogP contribution is 2.23. The van der Waals surface area contributed by atoms with Crippen LogP contribution in [0.4, 0.5) is 0 Å². The highest BCUT2D eigenvalue weighted by atomic mass is 127. The van der Waals surface area contributed by atoms with E-state index >= 15 is 0 Å². The van der Waals surface area contributed by atoms with Crippen molar-refractivity contribution in [2.45, 2.75) is 6.61 Å². The molecule has 0 aliphatic carbocycles. The van der Waals surface area contributed by atoms with Gasteiger partial charge >= 0.3 is 0 Å². The molecule has 0 unspecified atom stereocenters. The third-order valence-electron chi connectivity index (χ3n) is 2.08. The van der Waals surface area contributed by atoms with E-state index < -0.39 is 0 Å². The topological polar surface area (TPSA) is 42.4 Å². The zero-order chi connectivity index (χ0) is 12.3. The Morgan fingerprint density at radius 1 is 1.18 bits per heavy atom. The predicted molar refractivity (Wildman–Crippen MR) is 74.4 cm³/mol. The van der Waals surface area contributed by atoms with Crippen molar-refractivity contribution >= 4 is 34.2 Å². The summed E-state index contributed by atoms with van der Waals surface area (Å²) >= 11 is 8.06. The number of nitrogens with zero attached hydrogens (tertiary/aromatic N) is 1. The van der Waals surface area contributed by atoms with Gasteiger partial charge in [0.05, 0.1) is 17.3 Å². The molecule has 2 aromatic rings. The minimum absolute atomic E-state index is 0.206. The minimum Gasteiger partial charge on any atom is -0.439 e. The first kappa shape index (κ1) is 12.6. The fraction of sp³-hybridized carbons (Fsp3) is 0.0833.